The van der Waals surface area contributed by atoms with Crippen LogP contribution in [0.5, 0.6) is 0 Å². The van der Waals surface area contributed by atoms with Gasteiger partial charge in [0.15, 0.2) is 12.4 Å². The van der Waals surface area contributed by atoms with Gasteiger partial charge in [-0.3, -0.25) is 9.59 Å². The lowest BCUT2D eigenvalue weighted by Crippen LogP contribution is -2.44. The Morgan fingerprint density at radius 1 is 0.353 bits per heavy atom. The van der Waals surface area contributed by atoms with Crippen LogP contribution in [0.2, 0.25) is 0 Å². The number of carboxylic acids is 1. The summed E-state index contributed by atoms with van der Waals surface area (Å²) in [4.78, 5) is 37.4. The molecule has 0 aromatic rings. The molecule has 0 rings (SSSR count). The normalized spacial score (nSPS) is 13.9. The van der Waals surface area contributed by atoms with Gasteiger partial charge in [0.1, 0.15) is 13.2 Å². The molecule has 0 radical (unpaired) electrons. The summed E-state index contributed by atoms with van der Waals surface area (Å²) in [7, 11) is 5.90. The first-order valence-corrected chi connectivity index (χ1v) is 32.9. The number of esters is 2. The maximum Gasteiger partial charge on any atom is 0.306 e. The molecule has 0 heterocycles. The van der Waals surface area contributed by atoms with E-state index in [1.54, 1.807) is 0 Å². The number of unbranched alkanes of at least 4 members (excludes halogenated alkanes) is 13. The number of nitrogens with zero attached hydrogens (tertiary/aromatic N) is 1. The average Bonchev–Trinajstić information content (AvgIpc) is 3.49. The average molecular weight is 1170 g/mol. The Hall–Kier alpha value is -5.61. The summed E-state index contributed by atoms with van der Waals surface area (Å²) in [6.07, 6.45) is 95.2. The Labute approximate surface area is 519 Å². The molecule has 0 aliphatic rings. The zero-order chi connectivity index (χ0) is 61.9. The lowest BCUT2D eigenvalue weighted by molar-refractivity contribution is -0.870. The summed E-state index contributed by atoms with van der Waals surface area (Å²) in [5.74, 6) is -2.34. The first-order chi connectivity index (χ1) is 41.6. The van der Waals surface area contributed by atoms with Gasteiger partial charge in [-0.25, -0.2) is 0 Å². The molecule has 0 aliphatic carbocycles. The van der Waals surface area contributed by atoms with Crippen LogP contribution in [0.15, 0.2) is 182 Å². The Balaban J connectivity index is 4.27. The third-order valence-electron chi connectivity index (χ3n) is 13.1. The molecule has 2 unspecified atom stereocenters. The molecular formula is C76H119NO8. The van der Waals surface area contributed by atoms with Crippen molar-refractivity contribution < 1.29 is 42.9 Å². The standard InChI is InChI=1S/C76H119NO8/c1-6-8-10-12-14-16-18-20-22-24-26-28-29-30-31-32-33-34-35-36-37-38-39-40-41-42-43-44-45-47-49-51-53-55-57-59-61-63-65-67-74(79)85-72(71-84-76(75(80)81)82-69-68-77(3,4)5)70-83-73(78)66-64-62-60-58-56-54-52-50-48-46-27-25-23-21-19-17-15-13-11-9-7-2/h8-11,14-17,20-23,26-28,30-31,33-34,36-37,39-40,42-43,45-47,51,53,72,76H,6-7,12-13,18-19,24-25,29,32,35,38,41,44,48-50,52,54-71H2,1-5H3/b10-8-,11-9-,16-14-,17-15-,22-20-,23-21-,28-26-,31-30-,34-33-,37-36-,40-39-,43-42-,46-27-,47-45-,53-51-. The first kappa shape index (κ1) is 79.4. The fraction of sp³-hybridized carbons (Fsp3) is 0.566. The zero-order valence-electron chi connectivity index (χ0n) is 54.1. The van der Waals surface area contributed by atoms with Crippen molar-refractivity contribution in [2.45, 2.75) is 232 Å². The number of hydrogen-bond acceptors (Lipinski definition) is 8. The number of allylic oxidation sites excluding steroid dienone is 30. The highest BCUT2D eigenvalue weighted by Gasteiger charge is 2.22. The van der Waals surface area contributed by atoms with Crippen LogP contribution in [-0.2, 0) is 33.3 Å². The third-order valence-corrected chi connectivity index (χ3v) is 13.1. The molecule has 0 amide bonds. The van der Waals surface area contributed by atoms with Crippen molar-refractivity contribution in [2.24, 2.45) is 0 Å². The molecule has 0 N–H and O–H groups in total. The van der Waals surface area contributed by atoms with Gasteiger partial charge in [0.2, 0.25) is 0 Å². The van der Waals surface area contributed by atoms with Gasteiger partial charge < -0.3 is 33.3 Å². The van der Waals surface area contributed by atoms with Crippen molar-refractivity contribution in [1.29, 1.82) is 0 Å². The molecule has 9 heteroatoms. The molecule has 0 fully saturated rings. The molecular weight excluding hydrogens is 1050 g/mol. The van der Waals surface area contributed by atoms with E-state index in [0.29, 0.717) is 17.4 Å². The van der Waals surface area contributed by atoms with E-state index >= 15 is 0 Å². The van der Waals surface area contributed by atoms with Crippen molar-refractivity contribution in [3.05, 3.63) is 182 Å². The van der Waals surface area contributed by atoms with Crippen molar-refractivity contribution in [3.8, 4) is 0 Å². The number of carboxylic acid groups (broad SMARTS) is 1. The SMILES string of the molecule is CC/C=C\C/C=C\C/C=C\C/C=C\C/C=C\C/C=C\C/C=C\C/C=C\C/C=C\C/C=C\C/C=C\CCCCCCCC(=O)OC(COC(=O)CCCCCCCCCC/C=C\C/C=C\C/C=C\C/C=C\CC)COC(OCC[N+](C)(C)C)C(=O)[O-]. The van der Waals surface area contributed by atoms with E-state index in [0.717, 1.165) is 161 Å². The third kappa shape index (κ3) is 65.8. The second-order valence-corrected chi connectivity index (χ2v) is 22.3. The Bertz CT molecular complexity index is 2050. The number of carbonyl (C=O) groups is 3. The largest absolute Gasteiger partial charge is 0.545 e. The predicted molar refractivity (Wildman–Crippen MR) is 361 cm³/mol. The molecule has 0 aromatic heterocycles. The van der Waals surface area contributed by atoms with E-state index in [2.05, 4.69) is 196 Å². The zero-order valence-corrected chi connectivity index (χ0v) is 54.1. The van der Waals surface area contributed by atoms with E-state index < -0.39 is 24.3 Å². The lowest BCUT2D eigenvalue weighted by Gasteiger charge is -2.26. The van der Waals surface area contributed by atoms with Crippen LogP contribution in [0.3, 0.4) is 0 Å². The number of aliphatic carboxylic acids is 1. The van der Waals surface area contributed by atoms with Crippen molar-refractivity contribution in [1.82, 2.24) is 0 Å². The van der Waals surface area contributed by atoms with Gasteiger partial charge in [-0.05, 0) is 135 Å². The molecule has 0 saturated carbocycles. The van der Waals surface area contributed by atoms with E-state index in [9.17, 15) is 19.5 Å². The lowest BCUT2D eigenvalue weighted by atomic mass is 10.1. The van der Waals surface area contributed by atoms with Crippen LogP contribution < -0.4 is 5.11 Å². The van der Waals surface area contributed by atoms with Crippen molar-refractivity contribution in [3.63, 3.8) is 0 Å². The van der Waals surface area contributed by atoms with E-state index in [4.69, 9.17) is 18.9 Å². The van der Waals surface area contributed by atoms with Gasteiger partial charge in [0, 0.05) is 12.8 Å². The maximum absolute atomic E-state index is 12.9. The Morgan fingerprint density at radius 3 is 0.941 bits per heavy atom. The van der Waals surface area contributed by atoms with Gasteiger partial charge in [0.25, 0.3) is 0 Å². The highest BCUT2D eigenvalue weighted by Crippen LogP contribution is 2.14. The minimum atomic E-state index is -1.64. The molecule has 0 bridgehead atoms. The molecule has 0 spiro atoms. The number of likely N-dealkylation sites (N-methyl/N-ethyl adjacent to an activating group) is 1. The summed E-state index contributed by atoms with van der Waals surface area (Å²) in [6, 6.07) is 0. The highest BCUT2D eigenvalue weighted by atomic mass is 16.7. The second kappa shape index (κ2) is 64.4. The van der Waals surface area contributed by atoms with Gasteiger partial charge in [-0.1, -0.05) is 254 Å². The smallest absolute Gasteiger partial charge is 0.306 e. The van der Waals surface area contributed by atoms with Gasteiger partial charge in [0.05, 0.1) is 40.3 Å². The fourth-order valence-electron chi connectivity index (χ4n) is 8.18. The van der Waals surface area contributed by atoms with Crippen LogP contribution in [0, 0.1) is 0 Å². The Kier molecular flexibility index (Phi) is 60.1. The summed E-state index contributed by atoms with van der Waals surface area (Å²) >= 11 is 0. The number of rotatable bonds is 58. The quantitative estimate of drug-likeness (QED) is 0.0195. The summed E-state index contributed by atoms with van der Waals surface area (Å²) in [5, 5.41) is 11.8. The van der Waals surface area contributed by atoms with Crippen LogP contribution in [0.4, 0.5) is 0 Å². The monoisotopic (exact) mass is 1170 g/mol. The minimum absolute atomic E-state index is 0.132. The molecule has 0 aliphatic heterocycles. The second-order valence-electron chi connectivity index (χ2n) is 22.3. The maximum atomic E-state index is 12.9. The number of hydrogen-bond donors (Lipinski definition) is 0. The number of ether oxygens (including phenoxy) is 4. The number of carbonyl (C=O) groups excluding carboxylic acids is 3. The molecule has 2 atom stereocenters. The van der Waals surface area contributed by atoms with Gasteiger partial charge in [-0.2, -0.15) is 0 Å². The van der Waals surface area contributed by atoms with E-state index in [-0.39, 0.29) is 38.6 Å². The van der Waals surface area contributed by atoms with Gasteiger partial charge >= 0.3 is 11.9 Å². The molecule has 9 nitrogen and oxygen atoms in total. The number of quaternary nitrogens is 1. The first-order valence-electron chi connectivity index (χ1n) is 32.9. The summed E-state index contributed by atoms with van der Waals surface area (Å²) in [5.41, 5.74) is 0. The predicted octanol–water partition coefficient (Wildman–Crippen LogP) is 19.1. The van der Waals surface area contributed by atoms with E-state index in [1.165, 1.54) is 25.7 Å². The van der Waals surface area contributed by atoms with Crippen LogP contribution in [-0.4, -0.2) is 82.3 Å². The fourth-order valence-corrected chi connectivity index (χ4v) is 8.18. The van der Waals surface area contributed by atoms with Crippen molar-refractivity contribution in [2.75, 3.05) is 47.5 Å². The van der Waals surface area contributed by atoms with Crippen LogP contribution in [0.1, 0.15) is 219 Å². The van der Waals surface area contributed by atoms with Crippen LogP contribution in [0.25, 0.3) is 0 Å². The summed E-state index contributed by atoms with van der Waals surface area (Å²) in [6.45, 7) is 4.46. The Morgan fingerprint density at radius 2 is 0.635 bits per heavy atom. The molecule has 0 saturated heterocycles. The topological polar surface area (TPSA) is 111 Å². The minimum Gasteiger partial charge on any atom is -0.545 e. The van der Waals surface area contributed by atoms with Gasteiger partial charge in [-0.15, -0.1) is 0 Å². The van der Waals surface area contributed by atoms with E-state index in [1.807, 2.05) is 21.1 Å². The molecule has 476 valence electrons. The van der Waals surface area contributed by atoms with Crippen LogP contribution >= 0.6 is 0 Å². The molecule has 85 heavy (non-hydrogen) atoms. The molecule has 0 aromatic carbocycles. The highest BCUT2D eigenvalue weighted by molar-refractivity contribution is 5.70. The summed E-state index contributed by atoms with van der Waals surface area (Å²) < 4.78 is 22.7. The van der Waals surface area contributed by atoms with Crippen molar-refractivity contribution >= 4 is 17.9 Å².